The maximum atomic E-state index is 11.8. The van der Waals surface area contributed by atoms with Gasteiger partial charge in [0.05, 0.1) is 17.2 Å². The van der Waals surface area contributed by atoms with Crippen LogP contribution in [0.25, 0.3) is 11.0 Å². The number of carbonyl (C=O) groups is 1. The number of aromatic nitrogens is 5. The third kappa shape index (κ3) is 2.37. The van der Waals surface area contributed by atoms with Crippen LogP contribution in [0.15, 0.2) is 30.5 Å². The van der Waals surface area contributed by atoms with E-state index in [1.807, 2.05) is 24.3 Å². The van der Waals surface area contributed by atoms with Gasteiger partial charge in [-0.2, -0.15) is 9.90 Å². The van der Waals surface area contributed by atoms with Crippen LogP contribution in [0.3, 0.4) is 0 Å². The van der Waals surface area contributed by atoms with E-state index in [1.54, 1.807) is 0 Å². The second kappa shape index (κ2) is 4.41. The van der Waals surface area contributed by atoms with E-state index < -0.39 is 0 Å². The number of imidazole rings is 1. The van der Waals surface area contributed by atoms with Crippen LogP contribution in [-0.4, -0.2) is 30.9 Å². The summed E-state index contributed by atoms with van der Waals surface area (Å²) >= 11 is 0. The first-order chi connectivity index (χ1) is 9.20. The molecule has 3 aromatic rings. The summed E-state index contributed by atoms with van der Waals surface area (Å²) in [7, 11) is 0. The minimum atomic E-state index is -0.283. The molecule has 1 aromatic carbocycles. The molecule has 8 heteroatoms. The SMILES string of the molecule is Nc1cnn(CC(=O)Nc2nc3ccccc3[nH]2)n1. The Labute approximate surface area is 107 Å². The Morgan fingerprint density at radius 2 is 2.26 bits per heavy atom. The number of fused-ring (bicyclic) bond motifs is 1. The molecule has 0 aliphatic rings. The van der Waals surface area contributed by atoms with E-state index in [4.69, 9.17) is 5.73 Å². The average Bonchev–Trinajstić information content (AvgIpc) is 2.94. The van der Waals surface area contributed by atoms with Crippen LogP contribution >= 0.6 is 0 Å². The number of H-pyrrole nitrogens is 1. The highest BCUT2D eigenvalue weighted by Crippen LogP contribution is 2.13. The summed E-state index contributed by atoms with van der Waals surface area (Å²) in [4.78, 5) is 20.2. The summed E-state index contributed by atoms with van der Waals surface area (Å²) in [6.45, 7) is -0.0196. The first-order valence-electron chi connectivity index (χ1n) is 5.61. The molecule has 0 aliphatic heterocycles. The Morgan fingerprint density at radius 3 is 3.00 bits per heavy atom. The highest BCUT2D eigenvalue weighted by molar-refractivity contribution is 5.90. The fourth-order valence-electron chi connectivity index (χ4n) is 1.70. The van der Waals surface area contributed by atoms with Crippen molar-refractivity contribution in [3.05, 3.63) is 30.5 Å². The van der Waals surface area contributed by atoms with E-state index in [9.17, 15) is 4.79 Å². The number of nitrogens with two attached hydrogens (primary N) is 1. The number of carbonyl (C=O) groups excluding carboxylic acids is 1. The number of nitrogen functional groups attached to an aromatic ring is 1. The van der Waals surface area contributed by atoms with Crippen LogP contribution in [0, 0.1) is 0 Å². The zero-order valence-corrected chi connectivity index (χ0v) is 9.87. The molecule has 3 rings (SSSR count). The molecule has 0 atom stereocenters. The molecular weight excluding hydrogens is 246 g/mol. The zero-order valence-electron chi connectivity index (χ0n) is 9.87. The third-order valence-electron chi connectivity index (χ3n) is 2.49. The molecule has 0 saturated carbocycles. The van der Waals surface area contributed by atoms with Crippen molar-refractivity contribution in [3.8, 4) is 0 Å². The van der Waals surface area contributed by atoms with Crippen LogP contribution in [0.5, 0.6) is 0 Å². The summed E-state index contributed by atoms with van der Waals surface area (Å²) in [5, 5.41) is 10.3. The molecule has 4 N–H and O–H groups in total. The number of amides is 1. The molecule has 1 amide bonds. The van der Waals surface area contributed by atoms with Gasteiger partial charge in [-0.05, 0) is 12.1 Å². The summed E-state index contributed by atoms with van der Waals surface area (Å²) in [5.41, 5.74) is 7.06. The van der Waals surface area contributed by atoms with Crippen molar-refractivity contribution in [2.75, 3.05) is 11.1 Å². The molecule has 2 aromatic heterocycles. The van der Waals surface area contributed by atoms with Crippen molar-refractivity contribution >= 4 is 28.7 Å². The summed E-state index contributed by atoms with van der Waals surface area (Å²) in [6, 6.07) is 7.51. The zero-order chi connectivity index (χ0) is 13.2. The van der Waals surface area contributed by atoms with Crippen molar-refractivity contribution in [3.63, 3.8) is 0 Å². The van der Waals surface area contributed by atoms with Gasteiger partial charge in [0.2, 0.25) is 11.9 Å². The molecule has 0 unspecified atom stereocenters. The first kappa shape index (κ1) is 11.2. The fourth-order valence-corrected chi connectivity index (χ4v) is 1.70. The first-order valence-corrected chi connectivity index (χ1v) is 5.61. The van der Waals surface area contributed by atoms with Crippen molar-refractivity contribution in [2.24, 2.45) is 0 Å². The van der Waals surface area contributed by atoms with Gasteiger partial charge in [-0.3, -0.25) is 10.1 Å². The van der Waals surface area contributed by atoms with Crippen molar-refractivity contribution < 1.29 is 4.79 Å². The molecule has 8 nitrogen and oxygen atoms in total. The molecule has 2 heterocycles. The van der Waals surface area contributed by atoms with Crippen LogP contribution < -0.4 is 11.1 Å². The minimum Gasteiger partial charge on any atom is -0.381 e. The van der Waals surface area contributed by atoms with Crippen LogP contribution in [0.1, 0.15) is 0 Å². The largest absolute Gasteiger partial charge is 0.381 e. The molecule has 0 radical (unpaired) electrons. The molecule has 0 fully saturated rings. The van der Waals surface area contributed by atoms with E-state index in [2.05, 4.69) is 25.5 Å². The standard InChI is InChI=1S/C11H11N7O/c12-9-5-13-18(17-9)6-10(19)16-11-14-7-3-1-2-4-8(7)15-11/h1-5H,6H2,(H2,12,17)(H2,14,15,16,19). The topological polar surface area (TPSA) is 115 Å². The maximum Gasteiger partial charge on any atom is 0.250 e. The number of anilines is 2. The van der Waals surface area contributed by atoms with Gasteiger partial charge in [0.15, 0.2) is 5.82 Å². The normalized spacial score (nSPS) is 10.7. The van der Waals surface area contributed by atoms with E-state index in [0.29, 0.717) is 5.95 Å². The Morgan fingerprint density at radius 1 is 1.42 bits per heavy atom. The molecule has 0 saturated heterocycles. The number of para-hydroxylation sites is 2. The Bertz CT molecular complexity index is 696. The van der Waals surface area contributed by atoms with Crippen LogP contribution in [0.2, 0.25) is 0 Å². The lowest BCUT2D eigenvalue weighted by atomic mass is 10.3. The van der Waals surface area contributed by atoms with Crippen LogP contribution in [-0.2, 0) is 11.3 Å². The summed E-state index contributed by atoms with van der Waals surface area (Å²) < 4.78 is 0. The lowest BCUT2D eigenvalue weighted by Gasteiger charge is -2.00. The molecule has 0 spiro atoms. The monoisotopic (exact) mass is 257 g/mol. The smallest absolute Gasteiger partial charge is 0.250 e. The highest BCUT2D eigenvalue weighted by atomic mass is 16.2. The van der Waals surface area contributed by atoms with Gasteiger partial charge in [-0.15, -0.1) is 5.10 Å². The van der Waals surface area contributed by atoms with Gasteiger partial charge in [0.1, 0.15) is 6.54 Å². The predicted octanol–water partition coefficient (Wildman–Crippen LogP) is 0.375. The lowest BCUT2D eigenvalue weighted by Crippen LogP contribution is -2.21. The van der Waals surface area contributed by atoms with Gasteiger partial charge in [-0.25, -0.2) is 4.98 Å². The number of benzene rings is 1. The van der Waals surface area contributed by atoms with E-state index in [1.165, 1.54) is 11.0 Å². The van der Waals surface area contributed by atoms with E-state index >= 15 is 0 Å². The Hall–Kier alpha value is -2.90. The van der Waals surface area contributed by atoms with Gasteiger partial charge in [0, 0.05) is 0 Å². The van der Waals surface area contributed by atoms with Gasteiger partial charge < -0.3 is 10.7 Å². The van der Waals surface area contributed by atoms with E-state index in [0.717, 1.165) is 11.0 Å². The number of nitrogens with zero attached hydrogens (tertiary/aromatic N) is 4. The van der Waals surface area contributed by atoms with Crippen molar-refractivity contribution in [1.82, 2.24) is 25.0 Å². The third-order valence-corrected chi connectivity index (χ3v) is 2.49. The molecule has 96 valence electrons. The lowest BCUT2D eigenvalue weighted by molar-refractivity contribution is -0.117. The molecule has 19 heavy (non-hydrogen) atoms. The summed E-state index contributed by atoms with van der Waals surface area (Å²) in [5.74, 6) is 0.387. The second-order valence-corrected chi connectivity index (χ2v) is 3.95. The van der Waals surface area contributed by atoms with Gasteiger partial charge >= 0.3 is 0 Å². The average molecular weight is 257 g/mol. The maximum absolute atomic E-state index is 11.8. The van der Waals surface area contributed by atoms with Gasteiger partial charge in [-0.1, -0.05) is 12.1 Å². The van der Waals surface area contributed by atoms with Crippen LogP contribution in [0.4, 0.5) is 11.8 Å². The molecular formula is C11H11N7O. The van der Waals surface area contributed by atoms with Gasteiger partial charge in [0.25, 0.3) is 0 Å². The number of hydrogen-bond acceptors (Lipinski definition) is 5. The quantitative estimate of drug-likeness (QED) is 0.627. The van der Waals surface area contributed by atoms with Crippen molar-refractivity contribution in [2.45, 2.75) is 6.54 Å². The van der Waals surface area contributed by atoms with E-state index in [-0.39, 0.29) is 18.3 Å². The fraction of sp³-hybridized carbons (Fsp3) is 0.0909. The minimum absolute atomic E-state index is 0.0196. The number of hydrogen-bond donors (Lipinski definition) is 3. The van der Waals surface area contributed by atoms with Crippen molar-refractivity contribution in [1.29, 1.82) is 0 Å². The summed E-state index contributed by atoms with van der Waals surface area (Å²) in [6.07, 6.45) is 1.38. The molecule has 0 bridgehead atoms. The molecule has 0 aliphatic carbocycles. The Balaban J connectivity index is 1.72. The second-order valence-electron chi connectivity index (χ2n) is 3.95. The Kier molecular flexibility index (Phi) is 2.60. The number of rotatable bonds is 3. The number of nitrogens with one attached hydrogen (secondary N) is 2. The highest BCUT2D eigenvalue weighted by Gasteiger charge is 2.08. The number of aromatic amines is 1. The predicted molar refractivity (Wildman–Crippen MR) is 69.2 cm³/mol.